The van der Waals surface area contributed by atoms with Crippen molar-refractivity contribution in [3.8, 4) is 5.75 Å². The van der Waals surface area contributed by atoms with Crippen LogP contribution in [0.25, 0.3) is 0 Å². The molecule has 0 radical (unpaired) electrons. The number of aromatic nitrogens is 2. The Morgan fingerprint density at radius 1 is 1.18 bits per heavy atom. The summed E-state index contributed by atoms with van der Waals surface area (Å²) in [7, 11) is -3.54. The Bertz CT molecular complexity index is 733. The van der Waals surface area contributed by atoms with Gasteiger partial charge in [-0.25, -0.2) is 18.4 Å². The molecule has 118 valence electrons. The van der Waals surface area contributed by atoms with Gasteiger partial charge >= 0.3 is 0 Å². The maximum Gasteiger partial charge on any atom is 0.252 e. The van der Waals surface area contributed by atoms with Crippen LogP contribution in [0, 0.1) is 6.92 Å². The number of hydrogen-bond donors (Lipinski definition) is 1. The molecule has 0 unspecified atom stereocenters. The molecular weight excluding hydrogens is 324 g/mol. The summed E-state index contributed by atoms with van der Waals surface area (Å²) in [5, 5.41) is 9.60. The number of anilines is 1. The van der Waals surface area contributed by atoms with Gasteiger partial charge in [0.15, 0.2) is 0 Å². The number of sulfonamides is 1. The first kappa shape index (κ1) is 15.2. The topological polar surface area (TPSA) is 86.6 Å². The third-order valence-electron chi connectivity index (χ3n) is 3.54. The van der Waals surface area contributed by atoms with Crippen LogP contribution in [0.15, 0.2) is 28.7 Å². The molecule has 1 saturated heterocycles. The van der Waals surface area contributed by atoms with Gasteiger partial charge in [0.25, 0.3) is 10.0 Å². The molecule has 9 heteroatoms. The molecule has 0 aromatic carbocycles. The number of piperazine rings is 1. The molecule has 0 bridgehead atoms. The summed E-state index contributed by atoms with van der Waals surface area (Å²) >= 11 is 1.09. The normalized spacial score (nSPS) is 16.9. The second kappa shape index (κ2) is 5.82. The molecule has 2 aromatic heterocycles. The lowest BCUT2D eigenvalue weighted by atomic mass is 10.4. The molecular formula is C13H16N4O3S2. The molecule has 0 atom stereocenters. The maximum atomic E-state index is 12.6. The van der Waals surface area contributed by atoms with Crippen molar-refractivity contribution in [2.75, 3.05) is 31.1 Å². The summed E-state index contributed by atoms with van der Waals surface area (Å²) in [6.45, 7) is 3.53. The minimum atomic E-state index is -3.54. The smallest absolute Gasteiger partial charge is 0.252 e. The Morgan fingerprint density at radius 3 is 2.36 bits per heavy atom. The third kappa shape index (κ3) is 2.79. The molecule has 2 aromatic rings. The summed E-state index contributed by atoms with van der Waals surface area (Å²) in [4.78, 5) is 10.9. The second-order valence-electron chi connectivity index (χ2n) is 4.95. The molecule has 3 heterocycles. The average Bonchev–Trinajstić information content (AvgIpc) is 2.88. The average molecular weight is 340 g/mol. The van der Waals surface area contributed by atoms with Crippen molar-refractivity contribution in [1.29, 1.82) is 0 Å². The van der Waals surface area contributed by atoms with Gasteiger partial charge in [-0.15, -0.1) is 11.3 Å². The van der Waals surface area contributed by atoms with Gasteiger partial charge in [0.2, 0.25) is 5.95 Å². The first-order chi connectivity index (χ1) is 10.5. The number of nitrogens with zero attached hydrogens (tertiary/aromatic N) is 4. The van der Waals surface area contributed by atoms with Crippen molar-refractivity contribution in [3.63, 3.8) is 0 Å². The molecule has 1 aliphatic heterocycles. The van der Waals surface area contributed by atoms with Crippen LogP contribution in [0.3, 0.4) is 0 Å². The summed E-state index contributed by atoms with van der Waals surface area (Å²) in [6.07, 6.45) is 3.34. The monoisotopic (exact) mass is 340 g/mol. The van der Waals surface area contributed by atoms with E-state index >= 15 is 0 Å². The first-order valence-electron chi connectivity index (χ1n) is 6.80. The van der Waals surface area contributed by atoms with Crippen molar-refractivity contribution in [1.82, 2.24) is 14.3 Å². The van der Waals surface area contributed by atoms with E-state index in [4.69, 9.17) is 0 Å². The standard InChI is InChI=1S/C13H16N4O3S2/c1-10-11(18)9-12(21-10)22(19,20)17-7-5-16(6-8-17)13-14-3-2-4-15-13/h2-4,9,18H,5-8H2,1H3. The number of hydrogen-bond acceptors (Lipinski definition) is 7. The fourth-order valence-corrected chi connectivity index (χ4v) is 5.19. The van der Waals surface area contributed by atoms with E-state index in [9.17, 15) is 13.5 Å². The van der Waals surface area contributed by atoms with Crippen LogP contribution in [0.5, 0.6) is 5.75 Å². The van der Waals surface area contributed by atoms with Gasteiger partial charge in [0.05, 0.1) is 0 Å². The van der Waals surface area contributed by atoms with E-state index in [2.05, 4.69) is 9.97 Å². The van der Waals surface area contributed by atoms with Gasteiger partial charge in [0, 0.05) is 49.5 Å². The van der Waals surface area contributed by atoms with E-state index in [1.54, 1.807) is 25.4 Å². The van der Waals surface area contributed by atoms with E-state index in [-0.39, 0.29) is 9.96 Å². The van der Waals surface area contributed by atoms with Gasteiger partial charge < -0.3 is 10.0 Å². The zero-order valence-electron chi connectivity index (χ0n) is 12.0. The molecule has 0 spiro atoms. The molecule has 1 aliphatic rings. The molecule has 7 nitrogen and oxygen atoms in total. The largest absolute Gasteiger partial charge is 0.507 e. The second-order valence-corrected chi connectivity index (χ2v) is 8.37. The Labute approximate surface area is 132 Å². The van der Waals surface area contributed by atoms with Gasteiger partial charge in [-0.1, -0.05) is 0 Å². The SMILES string of the molecule is Cc1sc(S(=O)(=O)N2CCN(c3ncccn3)CC2)cc1O. The summed E-state index contributed by atoms with van der Waals surface area (Å²) in [5.74, 6) is 0.643. The zero-order chi connectivity index (χ0) is 15.7. The Kier molecular flexibility index (Phi) is 4.02. The Hall–Kier alpha value is -1.71. The predicted octanol–water partition coefficient (Wildman–Crippen LogP) is 1.06. The number of rotatable bonds is 3. The first-order valence-corrected chi connectivity index (χ1v) is 9.05. The minimum absolute atomic E-state index is 0.0277. The van der Waals surface area contributed by atoms with Crippen LogP contribution in [0.2, 0.25) is 0 Å². The van der Waals surface area contributed by atoms with Crippen molar-refractivity contribution in [2.45, 2.75) is 11.1 Å². The highest BCUT2D eigenvalue weighted by Gasteiger charge is 2.30. The van der Waals surface area contributed by atoms with Gasteiger partial charge in [0.1, 0.15) is 9.96 Å². The molecule has 1 N–H and O–H groups in total. The fourth-order valence-electron chi connectivity index (χ4n) is 2.28. The van der Waals surface area contributed by atoms with Crippen molar-refractivity contribution in [3.05, 3.63) is 29.4 Å². The van der Waals surface area contributed by atoms with Crippen molar-refractivity contribution in [2.24, 2.45) is 0 Å². The van der Waals surface area contributed by atoms with Crippen molar-refractivity contribution < 1.29 is 13.5 Å². The highest BCUT2D eigenvalue weighted by molar-refractivity contribution is 7.91. The van der Waals surface area contributed by atoms with Gasteiger partial charge in [-0.3, -0.25) is 0 Å². The van der Waals surface area contributed by atoms with Crippen LogP contribution in [0.4, 0.5) is 5.95 Å². The van der Waals surface area contributed by atoms with Crippen LogP contribution in [0.1, 0.15) is 4.88 Å². The fraction of sp³-hybridized carbons (Fsp3) is 0.385. The summed E-state index contributed by atoms with van der Waals surface area (Å²) in [6, 6.07) is 3.07. The van der Waals surface area contributed by atoms with E-state index in [1.807, 2.05) is 4.90 Å². The highest BCUT2D eigenvalue weighted by atomic mass is 32.2. The van der Waals surface area contributed by atoms with Gasteiger partial charge in [-0.2, -0.15) is 4.31 Å². The van der Waals surface area contributed by atoms with Gasteiger partial charge in [-0.05, 0) is 13.0 Å². The third-order valence-corrected chi connectivity index (χ3v) is 6.92. The zero-order valence-corrected chi connectivity index (χ0v) is 13.6. The number of aromatic hydroxyl groups is 1. The van der Waals surface area contributed by atoms with Crippen LogP contribution in [-0.4, -0.2) is 54.0 Å². The minimum Gasteiger partial charge on any atom is -0.507 e. The van der Waals surface area contributed by atoms with Crippen LogP contribution in [-0.2, 0) is 10.0 Å². The van der Waals surface area contributed by atoms with E-state index in [0.717, 1.165) is 11.3 Å². The van der Waals surface area contributed by atoms with E-state index in [0.29, 0.717) is 37.0 Å². The Balaban J connectivity index is 1.73. The quantitative estimate of drug-likeness (QED) is 0.899. The van der Waals surface area contributed by atoms with E-state index in [1.165, 1.54) is 10.4 Å². The molecule has 22 heavy (non-hydrogen) atoms. The molecule has 3 rings (SSSR count). The molecule has 0 aliphatic carbocycles. The lowest BCUT2D eigenvalue weighted by Gasteiger charge is -2.33. The van der Waals surface area contributed by atoms with Crippen LogP contribution < -0.4 is 4.90 Å². The Morgan fingerprint density at radius 2 is 1.82 bits per heavy atom. The predicted molar refractivity (Wildman–Crippen MR) is 83.7 cm³/mol. The molecule has 0 saturated carbocycles. The lowest BCUT2D eigenvalue weighted by molar-refractivity contribution is 0.383. The number of aryl methyl sites for hydroxylation is 1. The number of thiophene rings is 1. The molecule has 0 amide bonds. The lowest BCUT2D eigenvalue weighted by Crippen LogP contribution is -2.49. The van der Waals surface area contributed by atoms with Crippen molar-refractivity contribution >= 4 is 27.3 Å². The summed E-state index contributed by atoms with van der Waals surface area (Å²) in [5.41, 5.74) is 0. The highest BCUT2D eigenvalue weighted by Crippen LogP contribution is 2.32. The van der Waals surface area contributed by atoms with E-state index < -0.39 is 10.0 Å². The molecule has 1 fully saturated rings. The maximum absolute atomic E-state index is 12.6. The van der Waals surface area contributed by atoms with Crippen LogP contribution >= 0.6 is 11.3 Å². The summed E-state index contributed by atoms with van der Waals surface area (Å²) < 4.78 is 26.8.